The van der Waals surface area contributed by atoms with Gasteiger partial charge < -0.3 is 16.4 Å². The smallest absolute Gasteiger partial charge is 0.237 e. The second-order valence-electron chi connectivity index (χ2n) is 8.78. The van der Waals surface area contributed by atoms with Gasteiger partial charge in [0.1, 0.15) is 11.4 Å². The molecule has 1 aliphatic heterocycles. The Hall–Kier alpha value is -4.25. The molecule has 0 bridgehead atoms. The number of carbonyl (C=O) groups is 1. The van der Waals surface area contributed by atoms with E-state index in [0.717, 1.165) is 34.5 Å². The number of rotatable bonds is 7. The molecule has 1 amide bonds. The lowest BCUT2D eigenvalue weighted by Crippen LogP contribution is -2.35. The lowest BCUT2D eigenvalue weighted by molar-refractivity contribution is -0.120. The van der Waals surface area contributed by atoms with E-state index in [1.165, 1.54) is 0 Å². The molecule has 1 fully saturated rings. The summed E-state index contributed by atoms with van der Waals surface area (Å²) in [6.45, 7) is 5.44. The maximum Gasteiger partial charge on any atom is 0.237 e. The van der Waals surface area contributed by atoms with Gasteiger partial charge in [0, 0.05) is 18.7 Å². The molecule has 1 aromatic carbocycles. The Morgan fingerprint density at radius 3 is 2.75 bits per heavy atom. The number of halogens is 1. The van der Waals surface area contributed by atoms with Crippen molar-refractivity contribution >= 4 is 11.7 Å². The van der Waals surface area contributed by atoms with Gasteiger partial charge in [-0.15, -0.1) is 5.10 Å². The number of benzene rings is 1. The van der Waals surface area contributed by atoms with Gasteiger partial charge in [-0.2, -0.15) is 0 Å². The number of carbonyl (C=O) groups excluding carboxylic acids is 1. The zero-order valence-corrected chi connectivity index (χ0v) is 20.0. The predicted molar refractivity (Wildman–Crippen MR) is 132 cm³/mol. The van der Waals surface area contributed by atoms with Crippen LogP contribution in [-0.2, 0) is 17.9 Å². The van der Waals surface area contributed by atoms with E-state index in [1.807, 2.05) is 50.2 Å². The maximum absolute atomic E-state index is 14.9. The third-order valence-corrected chi connectivity index (χ3v) is 6.27. The molecule has 0 aliphatic carbocycles. The first kappa shape index (κ1) is 23.5. The summed E-state index contributed by atoms with van der Waals surface area (Å²) in [7, 11) is 0. The van der Waals surface area contributed by atoms with E-state index in [-0.39, 0.29) is 29.2 Å². The molecule has 1 aliphatic rings. The van der Waals surface area contributed by atoms with E-state index >= 15 is 0 Å². The maximum atomic E-state index is 14.9. The first-order chi connectivity index (χ1) is 17.4. The summed E-state index contributed by atoms with van der Waals surface area (Å²) in [5, 5.41) is 14.3. The van der Waals surface area contributed by atoms with Gasteiger partial charge in [-0.25, -0.2) is 19.0 Å². The van der Waals surface area contributed by atoms with Crippen LogP contribution in [-0.4, -0.2) is 48.4 Å². The van der Waals surface area contributed by atoms with Crippen LogP contribution in [0.1, 0.15) is 28.9 Å². The fourth-order valence-corrected chi connectivity index (χ4v) is 4.13. The van der Waals surface area contributed by atoms with Gasteiger partial charge >= 0.3 is 0 Å². The number of pyridine rings is 1. The van der Waals surface area contributed by atoms with Crippen LogP contribution in [0.25, 0.3) is 22.8 Å². The summed E-state index contributed by atoms with van der Waals surface area (Å²) in [6.07, 6.45) is 2.36. The van der Waals surface area contributed by atoms with E-state index in [0.29, 0.717) is 25.5 Å². The minimum Gasteiger partial charge on any atom is -0.381 e. The van der Waals surface area contributed by atoms with Gasteiger partial charge in [0.15, 0.2) is 17.5 Å². The summed E-state index contributed by atoms with van der Waals surface area (Å²) in [6, 6.07) is 11.2. The van der Waals surface area contributed by atoms with Crippen molar-refractivity contribution in [3.8, 4) is 22.8 Å². The number of aromatic nitrogens is 6. The summed E-state index contributed by atoms with van der Waals surface area (Å²) < 4.78 is 16.5. The number of anilines is 1. The first-order valence-electron chi connectivity index (χ1n) is 11.6. The third kappa shape index (κ3) is 4.78. The molecule has 1 unspecified atom stereocenters. The highest BCUT2D eigenvalue weighted by atomic mass is 19.1. The van der Waals surface area contributed by atoms with Crippen molar-refractivity contribution in [2.45, 2.75) is 39.4 Å². The average Bonchev–Trinajstić information content (AvgIpc) is 3.50. The van der Waals surface area contributed by atoms with Crippen molar-refractivity contribution in [2.75, 3.05) is 12.3 Å². The fourth-order valence-electron chi connectivity index (χ4n) is 4.13. The number of aryl methyl sites for hydroxylation is 1. The number of hydrogen-bond acceptors (Lipinski definition) is 8. The van der Waals surface area contributed by atoms with E-state index in [2.05, 4.69) is 35.9 Å². The summed E-state index contributed by atoms with van der Waals surface area (Å²) in [5.74, 6) is -0.640. The zero-order chi connectivity index (χ0) is 25.2. The highest BCUT2D eigenvalue weighted by Crippen LogP contribution is 2.28. The summed E-state index contributed by atoms with van der Waals surface area (Å²) in [5.41, 5.74) is 10.5. The standard InChI is InChI=1S/C25H26FN9O/c1-14-5-3-8-18(15(14)2)24-31-22(21(26)23(27)32-24)20-13-35(34-33-20)12-17-7-4-6-16(30-17)11-29-19-9-10-28-25(19)36/h3-8,13,19,29H,9-12H2,1-2H3,(H,28,36)(H2,27,31,32). The quantitative estimate of drug-likeness (QED) is 0.361. The molecule has 4 aromatic rings. The van der Waals surface area contributed by atoms with Crippen molar-refractivity contribution < 1.29 is 9.18 Å². The normalized spacial score (nSPS) is 15.3. The molecule has 0 spiro atoms. The van der Waals surface area contributed by atoms with Gasteiger partial charge in [0.2, 0.25) is 5.91 Å². The Morgan fingerprint density at radius 1 is 1.14 bits per heavy atom. The first-order valence-corrected chi connectivity index (χ1v) is 11.6. The number of hydrogen-bond donors (Lipinski definition) is 3. The van der Waals surface area contributed by atoms with Gasteiger partial charge in [0.05, 0.1) is 30.2 Å². The van der Waals surface area contributed by atoms with Gasteiger partial charge in [-0.05, 0) is 43.5 Å². The highest BCUT2D eigenvalue weighted by Gasteiger charge is 2.23. The predicted octanol–water partition coefficient (Wildman–Crippen LogP) is 2.16. The molecular formula is C25H26FN9O. The van der Waals surface area contributed by atoms with Crippen molar-refractivity contribution in [1.82, 2.24) is 40.6 Å². The van der Waals surface area contributed by atoms with Gasteiger partial charge in [0.25, 0.3) is 0 Å². The Morgan fingerprint density at radius 2 is 1.94 bits per heavy atom. The lowest BCUT2D eigenvalue weighted by Gasteiger charge is -2.10. The van der Waals surface area contributed by atoms with Crippen LogP contribution in [0.3, 0.4) is 0 Å². The van der Waals surface area contributed by atoms with Crippen LogP contribution < -0.4 is 16.4 Å². The molecule has 11 heteroatoms. The largest absolute Gasteiger partial charge is 0.381 e. The Labute approximate surface area is 207 Å². The van der Waals surface area contributed by atoms with Gasteiger partial charge in [-0.1, -0.05) is 29.5 Å². The van der Waals surface area contributed by atoms with Crippen LogP contribution in [0.4, 0.5) is 10.2 Å². The molecule has 1 atom stereocenters. The van der Waals surface area contributed by atoms with E-state index in [1.54, 1.807) is 10.9 Å². The topological polar surface area (TPSA) is 137 Å². The molecule has 1 saturated heterocycles. The average molecular weight is 488 g/mol. The molecular weight excluding hydrogens is 461 g/mol. The molecule has 10 nitrogen and oxygen atoms in total. The molecule has 3 aromatic heterocycles. The second-order valence-corrected chi connectivity index (χ2v) is 8.78. The number of nitrogens with two attached hydrogens (primary N) is 1. The SMILES string of the molecule is Cc1cccc(-c2nc(N)c(F)c(-c3cn(Cc4cccc(CNC5CCNC5=O)n4)nn3)n2)c1C. The van der Waals surface area contributed by atoms with Crippen LogP contribution in [0.15, 0.2) is 42.6 Å². The van der Waals surface area contributed by atoms with Crippen LogP contribution >= 0.6 is 0 Å². The number of nitrogens with one attached hydrogen (secondary N) is 2. The zero-order valence-electron chi connectivity index (χ0n) is 20.0. The number of amides is 1. The van der Waals surface area contributed by atoms with Gasteiger partial charge in [-0.3, -0.25) is 9.78 Å². The van der Waals surface area contributed by atoms with E-state index in [4.69, 9.17) is 5.73 Å². The van der Waals surface area contributed by atoms with Crippen molar-refractivity contribution in [3.05, 3.63) is 70.9 Å². The molecule has 4 heterocycles. The van der Waals surface area contributed by atoms with Crippen molar-refractivity contribution in [2.24, 2.45) is 0 Å². The summed E-state index contributed by atoms with van der Waals surface area (Å²) >= 11 is 0. The third-order valence-electron chi connectivity index (χ3n) is 6.27. The molecule has 184 valence electrons. The van der Waals surface area contributed by atoms with Crippen molar-refractivity contribution in [3.63, 3.8) is 0 Å². The molecule has 5 rings (SSSR count). The molecule has 0 radical (unpaired) electrons. The summed E-state index contributed by atoms with van der Waals surface area (Å²) in [4.78, 5) is 25.0. The Bertz CT molecular complexity index is 1440. The fraction of sp³-hybridized carbons (Fsp3) is 0.280. The monoisotopic (exact) mass is 487 g/mol. The van der Waals surface area contributed by atoms with E-state index < -0.39 is 5.82 Å². The van der Waals surface area contributed by atoms with Crippen molar-refractivity contribution in [1.29, 1.82) is 0 Å². The van der Waals surface area contributed by atoms with Crippen LogP contribution in [0, 0.1) is 19.7 Å². The number of nitrogen functional groups attached to an aromatic ring is 1. The number of nitrogens with zero attached hydrogens (tertiary/aromatic N) is 6. The highest BCUT2D eigenvalue weighted by molar-refractivity contribution is 5.83. The molecule has 0 saturated carbocycles. The Kier molecular flexibility index (Phi) is 6.38. The minimum absolute atomic E-state index is 0.00888. The Balaban J connectivity index is 1.36. The van der Waals surface area contributed by atoms with Crippen LogP contribution in [0.2, 0.25) is 0 Å². The minimum atomic E-state index is -0.738. The van der Waals surface area contributed by atoms with Crippen LogP contribution in [0.5, 0.6) is 0 Å². The van der Waals surface area contributed by atoms with E-state index in [9.17, 15) is 9.18 Å². The second kappa shape index (κ2) is 9.78. The molecule has 4 N–H and O–H groups in total. The lowest BCUT2D eigenvalue weighted by atomic mass is 10.0. The molecule has 36 heavy (non-hydrogen) atoms.